The Kier molecular flexibility index (Phi) is 23.1. The Bertz CT molecular complexity index is 292. The van der Waals surface area contributed by atoms with Crippen molar-refractivity contribution in [2.24, 2.45) is 0 Å². The van der Waals surface area contributed by atoms with Crippen molar-refractivity contribution in [3.8, 4) is 0 Å². The third kappa shape index (κ3) is 20.6. The van der Waals surface area contributed by atoms with Gasteiger partial charge in [-0.05, 0) is 39.7 Å². The lowest BCUT2D eigenvalue weighted by Gasteiger charge is -2.28. The number of carboxylic acid groups (broad SMARTS) is 1. The molecule has 1 heterocycles. The first-order valence-electron chi connectivity index (χ1n) is 11.7. The number of aliphatic carboxylic acids is 1. The van der Waals surface area contributed by atoms with E-state index in [1.165, 1.54) is 51.4 Å². The van der Waals surface area contributed by atoms with E-state index < -0.39 is 13.2 Å². The zero-order valence-electron chi connectivity index (χ0n) is 19.9. The van der Waals surface area contributed by atoms with Gasteiger partial charge in [-0.3, -0.25) is 0 Å². The minimum absolute atomic E-state index is 0.562. The van der Waals surface area contributed by atoms with Crippen LogP contribution < -0.4 is 5.11 Å². The number of morpholine rings is 1. The maximum atomic E-state index is 8.89. The van der Waals surface area contributed by atoms with E-state index in [-0.39, 0.29) is 0 Å². The fraction of sp³-hybridized carbons (Fsp3) is 0.957. The van der Waals surface area contributed by atoms with Crippen LogP contribution in [0.15, 0.2) is 0 Å². The van der Waals surface area contributed by atoms with Crippen molar-refractivity contribution < 1.29 is 14.6 Å². The predicted molar refractivity (Wildman–Crippen MR) is 125 cm³/mol. The molecule has 0 amide bonds. The summed E-state index contributed by atoms with van der Waals surface area (Å²) in [6, 6.07) is 0. The lowest BCUT2D eigenvalue weighted by atomic mass is 10.4. The summed E-state index contributed by atoms with van der Waals surface area (Å²) in [5, 5.41) is 8.89. The summed E-state index contributed by atoms with van der Waals surface area (Å²) < 4.78 is 5.10. The van der Waals surface area contributed by atoms with E-state index in [4.69, 9.17) is 14.6 Å². The number of likely N-dealkylation sites (N-methyl/N-ethyl adjacent to an activating group) is 1. The van der Waals surface area contributed by atoms with Crippen LogP contribution >= 0.6 is 7.26 Å². The van der Waals surface area contributed by atoms with E-state index >= 15 is 0 Å². The minimum Gasteiger partial charge on any atom is -0.550 e. The van der Waals surface area contributed by atoms with Crippen LogP contribution in [0, 0.1) is 0 Å². The summed E-state index contributed by atoms with van der Waals surface area (Å²) in [5.41, 5.74) is 0. The Balaban J connectivity index is 0. The smallest absolute Gasteiger partial charge is 0.0594 e. The molecule has 1 aliphatic heterocycles. The number of carboxylic acids is 1. The zero-order valence-corrected chi connectivity index (χ0v) is 20.8. The molecule has 0 aromatic heterocycles. The van der Waals surface area contributed by atoms with E-state index in [0.717, 1.165) is 33.2 Å². The average Bonchev–Trinajstić information content (AvgIpc) is 2.67. The van der Waals surface area contributed by atoms with Gasteiger partial charge in [0.15, 0.2) is 0 Å². The number of ether oxygens (including phenoxy) is 1. The maximum absolute atomic E-state index is 8.89. The fourth-order valence-corrected chi connectivity index (χ4v) is 8.59. The lowest BCUT2D eigenvalue weighted by Crippen LogP contribution is -2.32. The number of carbonyl (C=O) groups is 1. The van der Waals surface area contributed by atoms with Crippen LogP contribution in [-0.2, 0) is 9.53 Å². The van der Waals surface area contributed by atoms with Crippen molar-refractivity contribution in [3.63, 3.8) is 0 Å². The van der Waals surface area contributed by atoms with Gasteiger partial charge in [-0.1, -0.05) is 53.4 Å². The summed E-state index contributed by atoms with van der Waals surface area (Å²) in [6.07, 6.45) is 17.9. The molecule has 0 bridgehead atoms. The Hall–Kier alpha value is -0.180. The second-order valence-corrected chi connectivity index (χ2v) is 12.5. The van der Waals surface area contributed by atoms with Gasteiger partial charge >= 0.3 is 0 Å². The lowest BCUT2D eigenvalue weighted by molar-refractivity contribution is -0.302. The molecule has 0 aromatic rings. The first kappa shape index (κ1) is 30.0. The number of unbranched alkanes of at least 4 members (excludes halogenated alkanes) is 4. The molecular formula is C23H50NO3P. The summed E-state index contributed by atoms with van der Waals surface area (Å²) in [4.78, 5) is 11.2. The molecule has 170 valence electrons. The molecule has 5 heteroatoms. The highest BCUT2D eigenvalue weighted by Gasteiger charge is 2.34. The second-order valence-electron chi connectivity index (χ2n) is 8.06. The standard InChI is InChI=1S/C16H36P.C5H11NO.C2H4O2/c1-5-9-13-17(14-10-6-2,15-11-7-3)16-12-8-4;1-6-2-4-7-5-3-6;1-2(3)4/h5-16H2,1-4H3;2-5H2,1H3;1H3,(H,3,4)/q+1;;/p-1. The van der Waals surface area contributed by atoms with Crippen molar-refractivity contribution in [2.75, 3.05) is 58.0 Å². The monoisotopic (exact) mass is 419 g/mol. The van der Waals surface area contributed by atoms with Crippen LogP contribution in [0.3, 0.4) is 0 Å². The molecule has 1 aliphatic rings. The molecule has 1 rings (SSSR count). The SMILES string of the molecule is CC(=O)[O-].CCCC[P+](CCCC)(CCCC)CCCC.CN1CCOCC1. The number of carbonyl (C=O) groups excluding carboxylic acids is 1. The van der Waals surface area contributed by atoms with Gasteiger partial charge in [0.2, 0.25) is 0 Å². The third-order valence-electron chi connectivity index (χ3n) is 5.18. The second kappa shape index (κ2) is 21.5. The van der Waals surface area contributed by atoms with Gasteiger partial charge in [-0.25, -0.2) is 0 Å². The van der Waals surface area contributed by atoms with Crippen LogP contribution in [0.1, 0.15) is 86.0 Å². The zero-order chi connectivity index (χ0) is 21.7. The van der Waals surface area contributed by atoms with Crippen molar-refractivity contribution in [1.82, 2.24) is 4.90 Å². The topological polar surface area (TPSA) is 52.6 Å². The predicted octanol–water partition coefficient (Wildman–Crippen LogP) is 4.91. The average molecular weight is 420 g/mol. The highest BCUT2D eigenvalue weighted by Crippen LogP contribution is 2.61. The molecular weight excluding hydrogens is 369 g/mol. The Labute approximate surface area is 177 Å². The van der Waals surface area contributed by atoms with E-state index in [0.29, 0.717) is 0 Å². The van der Waals surface area contributed by atoms with Crippen LogP contribution in [0.5, 0.6) is 0 Å². The molecule has 0 saturated carbocycles. The molecule has 0 N–H and O–H groups in total. The van der Waals surface area contributed by atoms with Gasteiger partial charge in [-0.15, -0.1) is 0 Å². The Morgan fingerprint density at radius 2 is 1.11 bits per heavy atom. The Morgan fingerprint density at radius 3 is 1.29 bits per heavy atom. The van der Waals surface area contributed by atoms with Gasteiger partial charge in [0.05, 0.1) is 37.9 Å². The van der Waals surface area contributed by atoms with E-state index in [2.05, 4.69) is 39.6 Å². The van der Waals surface area contributed by atoms with Gasteiger partial charge in [-0.2, -0.15) is 0 Å². The summed E-state index contributed by atoms with van der Waals surface area (Å²) in [6.45, 7) is 14.4. The fourth-order valence-electron chi connectivity index (χ4n) is 3.30. The molecule has 0 spiro atoms. The van der Waals surface area contributed by atoms with Gasteiger partial charge in [0, 0.05) is 26.3 Å². The van der Waals surface area contributed by atoms with Crippen LogP contribution in [0.2, 0.25) is 0 Å². The van der Waals surface area contributed by atoms with Crippen LogP contribution in [-0.4, -0.2) is 68.9 Å². The largest absolute Gasteiger partial charge is 0.550 e. The molecule has 28 heavy (non-hydrogen) atoms. The van der Waals surface area contributed by atoms with E-state index in [1.807, 2.05) is 0 Å². The minimum atomic E-state index is -1.08. The molecule has 0 unspecified atom stereocenters. The highest BCUT2D eigenvalue weighted by molar-refractivity contribution is 7.75. The van der Waals surface area contributed by atoms with Crippen molar-refractivity contribution in [2.45, 2.75) is 86.0 Å². The molecule has 0 atom stereocenters. The molecule has 1 saturated heterocycles. The molecule has 4 nitrogen and oxygen atoms in total. The molecule has 0 aromatic carbocycles. The van der Waals surface area contributed by atoms with Gasteiger partial charge in [0.25, 0.3) is 0 Å². The van der Waals surface area contributed by atoms with Crippen molar-refractivity contribution in [1.29, 1.82) is 0 Å². The van der Waals surface area contributed by atoms with Crippen molar-refractivity contribution >= 4 is 13.2 Å². The van der Waals surface area contributed by atoms with E-state index in [1.54, 1.807) is 24.6 Å². The normalized spacial score (nSPS) is 14.5. The van der Waals surface area contributed by atoms with Gasteiger partial charge in [0.1, 0.15) is 0 Å². The number of hydrogen-bond donors (Lipinski definition) is 0. The summed E-state index contributed by atoms with van der Waals surface area (Å²) >= 11 is 0. The molecule has 0 aliphatic carbocycles. The Morgan fingerprint density at radius 1 is 0.821 bits per heavy atom. The number of nitrogens with zero attached hydrogens (tertiary/aromatic N) is 1. The third-order valence-corrected chi connectivity index (χ3v) is 10.2. The molecule has 1 fully saturated rings. The summed E-state index contributed by atoms with van der Waals surface area (Å²) in [5.74, 6) is -1.08. The van der Waals surface area contributed by atoms with Crippen LogP contribution in [0.4, 0.5) is 0 Å². The molecule has 0 radical (unpaired) electrons. The maximum Gasteiger partial charge on any atom is 0.0594 e. The van der Waals surface area contributed by atoms with E-state index in [9.17, 15) is 0 Å². The summed E-state index contributed by atoms with van der Waals surface area (Å²) in [7, 11) is 1.55. The van der Waals surface area contributed by atoms with Crippen LogP contribution in [0.25, 0.3) is 0 Å². The number of hydrogen-bond acceptors (Lipinski definition) is 4. The van der Waals surface area contributed by atoms with Crippen molar-refractivity contribution in [3.05, 3.63) is 0 Å². The quantitative estimate of drug-likeness (QED) is 0.422. The first-order chi connectivity index (χ1) is 13.4. The highest BCUT2D eigenvalue weighted by atomic mass is 31.2. The first-order valence-corrected chi connectivity index (χ1v) is 14.2. The van der Waals surface area contributed by atoms with Gasteiger partial charge < -0.3 is 19.5 Å². The number of rotatable bonds is 12.